The van der Waals surface area contributed by atoms with E-state index < -0.39 is 0 Å². The standard InChI is InChI=1S/C17H20NO3PSSi/c19-15-13(23-16(20)18-15)10-11-2-4-12(5-3-11)21-8-6-14-17(24)7-1-9-22(14)17/h1-5,7,13-14H,6,8-10H2,24H3,(H,18,19,20). The summed E-state index contributed by atoms with van der Waals surface area (Å²) in [7, 11) is 1.54. The molecule has 4 rings (SSSR count). The summed E-state index contributed by atoms with van der Waals surface area (Å²) in [5, 5.41) is 1.77. The first-order chi connectivity index (χ1) is 11.6. The van der Waals surface area contributed by atoms with Crippen molar-refractivity contribution in [2.45, 2.75) is 28.5 Å². The molecule has 1 N–H and O–H groups in total. The Morgan fingerprint density at radius 1 is 1.33 bits per heavy atom. The molecule has 24 heavy (non-hydrogen) atoms. The molecule has 1 aromatic carbocycles. The fourth-order valence-electron chi connectivity index (χ4n) is 3.68. The van der Waals surface area contributed by atoms with Crippen LogP contribution in [0.15, 0.2) is 36.4 Å². The molecule has 4 atom stereocenters. The number of thioether (sulfide) groups is 1. The summed E-state index contributed by atoms with van der Waals surface area (Å²) in [4.78, 5) is 22.8. The molecule has 126 valence electrons. The van der Waals surface area contributed by atoms with Crippen LogP contribution in [-0.4, -0.2) is 49.8 Å². The molecule has 4 nitrogen and oxygen atoms in total. The zero-order valence-electron chi connectivity index (χ0n) is 13.5. The smallest absolute Gasteiger partial charge is 0.286 e. The SMILES string of the molecule is O=C1NC(=O)C(Cc2ccc(OCCC3P4CC=CC34[SiH3])cc2)S1. The molecule has 4 unspecified atom stereocenters. The molecule has 1 aromatic rings. The average Bonchev–Trinajstić information content (AvgIpc) is 2.84. The second kappa shape index (κ2) is 6.32. The average molecular weight is 377 g/mol. The first-order valence-corrected chi connectivity index (χ1v) is 11.7. The summed E-state index contributed by atoms with van der Waals surface area (Å²) in [6.45, 7) is 0.788. The van der Waals surface area contributed by atoms with Crippen LogP contribution < -0.4 is 10.1 Å². The van der Waals surface area contributed by atoms with Gasteiger partial charge in [0.1, 0.15) is 5.75 Å². The van der Waals surface area contributed by atoms with Gasteiger partial charge in [0.15, 0.2) is 0 Å². The quantitative estimate of drug-likeness (QED) is 0.467. The van der Waals surface area contributed by atoms with Gasteiger partial charge in [0.2, 0.25) is 5.91 Å². The van der Waals surface area contributed by atoms with Gasteiger partial charge in [0.05, 0.1) is 11.9 Å². The Labute approximate surface area is 150 Å². The lowest BCUT2D eigenvalue weighted by Gasteiger charge is -2.09. The van der Waals surface area contributed by atoms with E-state index in [-0.39, 0.29) is 24.3 Å². The maximum atomic E-state index is 11.6. The number of fused-ring (bicyclic) bond motifs is 1. The number of hydrogen-bond acceptors (Lipinski definition) is 4. The number of rotatable bonds is 6. The first kappa shape index (κ1) is 16.4. The summed E-state index contributed by atoms with van der Waals surface area (Å²) in [5.74, 6) is 0.697. The molecule has 0 radical (unpaired) electrons. The zero-order chi connectivity index (χ0) is 16.7. The van der Waals surface area contributed by atoms with Crippen LogP contribution in [0.4, 0.5) is 4.79 Å². The lowest BCUT2D eigenvalue weighted by Crippen LogP contribution is -2.25. The number of amides is 2. The van der Waals surface area contributed by atoms with Gasteiger partial charge in [-0.25, -0.2) is 0 Å². The van der Waals surface area contributed by atoms with Gasteiger partial charge < -0.3 is 4.74 Å². The van der Waals surface area contributed by atoms with Crippen molar-refractivity contribution in [2.75, 3.05) is 12.8 Å². The highest BCUT2D eigenvalue weighted by Crippen LogP contribution is 2.77. The minimum atomic E-state index is -0.307. The molecule has 0 aliphatic carbocycles. The highest BCUT2D eigenvalue weighted by atomic mass is 32.2. The number of allylic oxidation sites excluding steroid dienone is 2. The van der Waals surface area contributed by atoms with E-state index >= 15 is 0 Å². The van der Waals surface area contributed by atoms with Crippen LogP contribution >= 0.6 is 19.7 Å². The van der Waals surface area contributed by atoms with Crippen LogP contribution in [0.2, 0.25) is 0 Å². The third kappa shape index (κ3) is 3.07. The monoisotopic (exact) mass is 377 g/mol. The third-order valence-electron chi connectivity index (χ3n) is 5.13. The summed E-state index contributed by atoms with van der Waals surface area (Å²) in [5.41, 5.74) is 1.95. The predicted molar refractivity (Wildman–Crippen MR) is 103 cm³/mol. The largest absolute Gasteiger partial charge is 0.494 e. The van der Waals surface area contributed by atoms with E-state index in [1.165, 1.54) is 22.8 Å². The van der Waals surface area contributed by atoms with Crippen molar-refractivity contribution in [3.05, 3.63) is 42.0 Å². The number of carbonyl (C=O) groups is 2. The Balaban J connectivity index is 1.25. The highest BCUT2D eigenvalue weighted by Gasteiger charge is 2.59. The number of ether oxygens (including phenoxy) is 1. The number of carbonyl (C=O) groups excluding carboxylic acids is 2. The Morgan fingerprint density at radius 2 is 2.12 bits per heavy atom. The van der Waals surface area contributed by atoms with Crippen molar-refractivity contribution in [2.24, 2.45) is 0 Å². The molecular weight excluding hydrogens is 357 g/mol. The Morgan fingerprint density at radius 3 is 2.75 bits per heavy atom. The first-order valence-electron chi connectivity index (χ1n) is 8.24. The van der Waals surface area contributed by atoms with E-state index in [0.717, 1.165) is 35.3 Å². The molecule has 3 aliphatic rings. The van der Waals surface area contributed by atoms with E-state index in [0.29, 0.717) is 11.2 Å². The minimum Gasteiger partial charge on any atom is -0.494 e. The number of hydrogen-bond donors (Lipinski definition) is 1. The van der Waals surface area contributed by atoms with E-state index in [2.05, 4.69) is 17.5 Å². The van der Waals surface area contributed by atoms with E-state index in [4.69, 9.17) is 4.74 Å². The molecule has 3 heterocycles. The topological polar surface area (TPSA) is 55.4 Å². The third-order valence-corrected chi connectivity index (χ3v) is 12.9. The molecule has 0 spiro atoms. The molecule has 3 aliphatic heterocycles. The number of imide groups is 1. The van der Waals surface area contributed by atoms with Crippen LogP contribution in [-0.2, 0) is 11.2 Å². The lowest BCUT2D eigenvalue weighted by molar-refractivity contribution is -0.118. The van der Waals surface area contributed by atoms with Gasteiger partial charge in [-0.3, -0.25) is 14.9 Å². The van der Waals surface area contributed by atoms with Gasteiger partial charge in [0, 0.05) is 15.0 Å². The molecule has 0 saturated carbocycles. The van der Waals surface area contributed by atoms with Crippen LogP contribution in [0.3, 0.4) is 0 Å². The van der Waals surface area contributed by atoms with Crippen LogP contribution in [0.1, 0.15) is 12.0 Å². The second-order valence-corrected chi connectivity index (χ2v) is 13.2. The van der Waals surface area contributed by atoms with Crippen LogP contribution in [0.5, 0.6) is 5.75 Å². The van der Waals surface area contributed by atoms with E-state index in [1.54, 1.807) is 0 Å². The summed E-state index contributed by atoms with van der Waals surface area (Å²) in [6, 6.07) is 7.89. The number of benzene rings is 1. The molecule has 0 bridgehead atoms. The molecule has 2 fully saturated rings. The van der Waals surface area contributed by atoms with Gasteiger partial charge in [-0.15, -0.1) is 0 Å². The fraction of sp³-hybridized carbons (Fsp3) is 0.412. The van der Waals surface area contributed by atoms with Gasteiger partial charge >= 0.3 is 0 Å². The molecule has 2 amide bonds. The summed E-state index contributed by atoms with van der Waals surface area (Å²) >= 11 is 1.07. The van der Waals surface area contributed by atoms with Crippen LogP contribution in [0, 0.1) is 0 Å². The molecular formula is C17H20NO3PSSi. The second-order valence-electron chi connectivity index (χ2n) is 6.66. The zero-order valence-corrected chi connectivity index (χ0v) is 17.2. The predicted octanol–water partition coefficient (Wildman–Crippen LogP) is 1.85. The van der Waals surface area contributed by atoms with Crippen LogP contribution in [0.25, 0.3) is 0 Å². The molecule has 2 saturated heterocycles. The number of nitrogens with one attached hydrogen (secondary N) is 1. The highest BCUT2D eigenvalue weighted by molar-refractivity contribution is 8.15. The Bertz CT molecular complexity index is 710. The molecule has 0 aromatic heterocycles. The van der Waals surface area contributed by atoms with Crippen molar-refractivity contribution in [1.29, 1.82) is 0 Å². The molecule has 7 heteroatoms. The van der Waals surface area contributed by atoms with Crippen molar-refractivity contribution in [1.82, 2.24) is 5.32 Å². The normalized spacial score (nSPS) is 33.6. The van der Waals surface area contributed by atoms with E-state index in [1.807, 2.05) is 24.3 Å². The van der Waals surface area contributed by atoms with Crippen molar-refractivity contribution in [3.8, 4) is 5.75 Å². The van der Waals surface area contributed by atoms with E-state index in [9.17, 15) is 9.59 Å². The summed E-state index contributed by atoms with van der Waals surface area (Å²) < 4.78 is 6.53. The lowest BCUT2D eigenvalue weighted by atomic mass is 10.1. The fourth-order valence-corrected chi connectivity index (χ4v) is 10.3. The van der Waals surface area contributed by atoms with Gasteiger partial charge in [0.25, 0.3) is 5.24 Å². The van der Waals surface area contributed by atoms with Gasteiger partial charge in [-0.05, 0) is 42.4 Å². The Kier molecular flexibility index (Phi) is 4.31. The van der Waals surface area contributed by atoms with Crippen molar-refractivity contribution < 1.29 is 14.3 Å². The van der Waals surface area contributed by atoms with Crippen molar-refractivity contribution >= 4 is 41.1 Å². The maximum Gasteiger partial charge on any atom is 0.286 e. The Hall–Kier alpha value is -1.10. The summed E-state index contributed by atoms with van der Waals surface area (Å²) in [6.07, 6.45) is 7.90. The van der Waals surface area contributed by atoms with Gasteiger partial charge in [-0.1, -0.05) is 44.0 Å². The maximum absolute atomic E-state index is 11.6. The minimum absolute atomic E-state index is 0.187. The van der Waals surface area contributed by atoms with Crippen molar-refractivity contribution in [3.63, 3.8) is 0 Å². The van der Waals surface area contributed by atoms with Gasteiger partial charge in [-0.2, -0.15) is 0 Å².